The van der Waals surface area contributed by atoms with Gasteiger partial charge in [-0.2, -0.15) is 0 Å². The molecule has 0 spiro atoms. The molecular formula is C10H16. The zero-order valence-electron chi connectivity index (χ0n) is 6.98. The predicted octanol–water partition coefficient (Wildman–Crippen LogP) is 3.48. The van der Waals surface area contributed by atoms with E-state index in [2.05, 4.69) is 20.1 Å². The van der Waals surface area contributed by atoms with Crippen molar-refractivity contribution < 1.29 is 0 Å². The van der Waals surface area contributed by atoms with Crippen molar-refractivity contribution in [2.75, 3.05) is 0 Å². The van der Waals surface area contributed by atoms with Gasteiger partial charge in [-0.15, -0.1) is 0 Å². The van der Waals surface area contributed by atoms with Gasteiger partial charge in [0.1, 0.15) is 0 Å². The Kier molecular flexibility index (Phi) is 4.65. The van der Waals surface area contributed by atoms with E-state index in [0.29, 0.717) is 0 Å². The van der Waals surface area contributed by atoms with E-state index in [1.165, 1.54) is 12.0 Å². The Balaban J connectivity index is 4.11. The molecule has 0 bridgehead atoms. The van der Waals surface area contributed by atoms with E-state index in [1.54, 1.807) is 0 Å². The molecule has 0 atom stereocenters. The number of allylic oxidation sites excluding steroid dienone is 4. The molecule has 0 heteroatoms. The second kappa shape index (κ2) is 5.04. The molecule has 0 saturated carbocycles. The Bertz CT molecular complexity index is 149. The second-order valence-electron chi connectivity index (χ2n) is 2.46. The SMILES string of the molecule is C=C/C=C(\CCC)C(=C)C. The van der Waals surface area contributed by atoms with Gasteiger partial charge in [-0.05, 0) is 18.9 Å². The highest BCUT2D eigenvalue weighted by Crippen LogP contribution is 2.12. The highest BCUT2D eigenvalue weighted by atomic mass is 14.0. The van der Waals surface area contributed by atoms with Crippen LogP contribution >= 0.6 is 0 Å². The maximum absolute atomic E-state index is 3.88. The summed E-state index contributed by atoms with van der Waals surface area (Å²) < 4.78 is 0. The molecule has 0 heterocycles. The quantitative estimate of drug-likeness (QED) is 0.519. The van der Waals surface area contributed by atoms with Gasteiger partial charge in [0, 0.05) is 0 Å². The van der Waals surface area contributed by atoms with Gasteiger partial charge in [0.15, 0.2) is 0 Å². The first-order valence-corrected chi connectivity index (χ1v) is 3.69. The van der Waals surface area contributed by atoms with Crippen molar-refractivity contribution in [3.63, 3.8) is 0 Å². The largest absolute Gasteiger partial charge is 0.0991 e. The summed E-state index contributed by atoms with van der Waals surface area (Å²) in [6.07, 6.45) is 6.14. The summed E-state index contributed by atoms with van der Waals surface area (Å²) in [7, 11) is 0. The fourth-order valence-electron chi connectivity index (χ4n) is 0.851. The van der Waals surface area contributed by atoms with Crippen LogP contribution in [0, 0.1) is 0 Å². The van der Waals surface area contributed by atoms with E-state index in [-0.39, 0.29) is 0 Å². The van der Waals surface area contributed by atoms with Crippen molar-refractivity contribution in [3.8, 4) is 0 Å². The average molecular weight is 136 g/mol. The van der Waals surface area contributed by atoms with Crippen LogP contribution in [-0.4, -0.2) is 0 Å². The minimum atomic E-state index is 1.11. The third-order valence-corrected chi connectivity index (χ3v) is 1.39. The van der Waals surface area contributed by atoms with Crippen LogP contribution in [0.2, 0.25) is 0 Å². The van der Waals surface area contributed by atoms with Crippen LogP contribution < -0.4 is 0 Å². The van der Waals surface area contributed by atoms with Gasteiger partial charge < -0.3 is 0 Å². The number of hydrogen-bond acceptors (Lipinski definition) is 0. The van der Waals surface area contributed by atoms with E-state index >= 15 is 0 Å². The molecule has 0 amide bonds. The lowest BCUT2D eigenvalue weighted by atomic mass is 10.0. The number of rotatable bonds is 4. The molecule has 0 aliphatic carbocycles. The molecule has 0 aliphatic heterocycles. The molecular weight excluding hydrogens is 120 g/mol. The highest BCUT2D eigenvalue weighted by molar-refractivity contribution is 5.29. The van der Waals surface area contributed by atoms with Crippen molar-refractivity contribution in [3.05, 3.63) is 36.5 Å². The molecule has 0 aromatic carbocycles. The summed E-state index contributed by atoms with van der Waals surface area (Å²) in [5.74, 6) is 0. The molecule has 10 heavy (non-hydrogen) atoms. The van der Waals surface area contributed by atoms with Crippen molar-refractivity contribution in [1.82, 2.24) is 0 Å². The smallest absolute Gasteiger partial charge is 0.0279 e. The molecule has 0 aliphatic rings. The summed E-state index contributed by atoms with van der Waals surface area (Å²) in [6.45, 7) is 11.7. The van der Waals surface area contributed by atoms with Crippen molar-refractivity contribution >= 4 is 0 Å². The van der Waals surface area contributed by atoms with Gasteiger partial charge in [0.25, 0.3) is 0 Å². The van der Waals surface area contributed by atoms with Crippen molar-refractivity contribution in [2.45, 2.75) is 26.7 Å². The molecule has 0 saturated heterocycles. The second-order valence-corrected chi connectivity index (χ2v) is 2.46. The lowest BCUT2D eigenvalue weighted by Gasteiger charge is -2.02. The van der Waals surface area contributed by atoms with Crippen molar-refractivity contribution in [2.24, 2.45) is 0 Å². The van der Waals surface area contributed by atoms with E-state index in [0.717, 1.165) is 12.0 Å². The lowest BCUT2D eigenvalue weighted by Crippen LogP contribution is -1.82. The maximum atomic E-state index is 3.88. The topological polar surface area (TPSA) is 0 Å². The zero-order chi connectivity index (χ0) is 7.98. The molecule has 0 radical (unpaired) electrons. The average Bonchev–Trinajstić information content (AvgIpc) is 1.87. The normalized spacial score (nSPS) is 11.2. The highest BCUT2D eigenvalue weighted by Gasteiger charge is 1.92. The fourth-order valence-corrected chi connectivity index (χ4v) is 0.851. The van der Waals surface area contributed by atoms with Crippen LogP contribution in [0.1, 0.15) is 26.7 Å². The van der Waals surface area contributed by atoms with Gasteiger partial charge >= 0.3 is 0 Å². The molecule has 0 aromatic heterocycles. The van der Waals surface area contributed by atoms with Crippen LogP contribution in [-0.2, 0) is 0 Å². The fraction of sp³-hybridized carbons (Fsp3) is 0.400. The number of hydrogen-bond donors (Lipinski definition) is 0. The van der Waals surface area contributed by atoms with Crippen LogP contribution in [0.3, 0.4) is 0 Å². The summed E-state index contributed by atoms with van der Waals surface area (Å²) in [5, 5.41) is 0. The molecule has 0 N–H and O–H groups in total. The van der Waals surface area contributed by atoms with Gasteiger partial charge in [0.05, 0.1) is 0 Å². The first-order chi connectivity index (χ1) is 4.72. The maximum Gasteiger partial charge on any atom is -0.0279 e. The molecule has 0 rings (SSSR count). The summed E-state index contributed by atoms with van der Waals surface area (Å²) in [5.41, 5.74) is 2.47. The minimum Gasteiger partial charge on any atom is -0.0991 e. The Labute approximate surface area is 64.0 Å². The van der Waals surface area contributed by atoms with Gasteiger partial charge in [0.2, 0.25) is 0 Å². The van der Waals surface area contributed by atoms with E-state index in [1.807, 2.05) is 19.1 Å². The summed E-state index contributed by atoms with van der Waals surface area (Å²) >= 11 is 0. The Morgan fingerprint density at radius 1 is 1.50 bits per heavy atom. The third-order valence-electron chi connectivity index (χ3n) is 1.39. The van der Waals surface area contributed by atoms with Crippen LogP contribution in [0.15, 0.2) is 36.5 Å². The van der Waals surface area contributed by atoms with Crippen molar-refractivity contribution in [1.29, 1.82) is 0 Å². The molecule has 0 nitrogen and oxygen atoms in total. The Morgan fingerprint density at radius 3 is 2.40 bits per heavy atom. The minimum absolute atomic E-state index is 1.11. The monoisotopic (exact) mass is 136 g/mol. The van der Waals surface area contributed by atoms with Gasteiger partial charge in [-0.25, -0.2) is 0 Å². The standard InChI is InChI=1S/C10H16/c1-5-7-10(8-6-2)9(3)4/h5,7H,1,3,6,8H2,2,4H3/b10-7+. The molecule has 0 unspecified atom stereocenters. The predicted molar refractivity (Wildman–Crippen MR) is 48.0 cm³/mol. The first kappa shape index (κ1) is 9.22. The summed E-state index contributed by atoms with van der Waals surface area (Å²) in [6, 6.07) is 0. The van der Waals surface area contributed by atoms with Gasteiger partial charge in [-0.1, -0.05) is 44.2 Å². The lowest BCUT2D eigenvalue weighted by molar-refractivity contribution is 0.913. The molecule has 0 aromatic rings. The Morgan fingerprint density at radius 2 is 2.10 bits per heavy atom. The molecule has 56 valence electrons. The van der Waals surface area contributed by atoms with Gasteiger partial charge in [-0.3, -0.25) is 0 Å². The Hall–Kier alpha value is -0.780. The van der Waals surface area contributed by atoms with Crippen LogP contribution in [0.25, 0.3) is 0 Å². The zero-order valence-corrected chi connectivity index (χ0v) is 6.98. The van der Waals surface area contributed by atoms with E-state index < -0.39 is 0 Å². The third kappa shape index (κ3) is 3.29. The molecule has 0 fully saturated rings. The van der Waals surface area contributed by atoms with Crippen LogP contribution in [0.4, 0.5) is 0 Å². The summed E-state index contributed by atoms with van der Waals surface area (Å²) in [4.78, 5) is 0. The first-order valence-electron chi connectivity index (χ1n) is 3.69. The van der Waals surface area contributed by atoms with Crippen LogP contribution in [0.5, 0.6) is 0 Å². The van der Waals surface area contributed by atoms with E-state index in [4.69, 9.17) is 0 Å². The van der Waals surface area contributed by atoms with E-state index in [9.17, 15) is 0 Å².